The van der Waals surface area contributed by atoms with Crippen LogP contribution in [0.5, 0.6) is 0 Å². The van der Waals surface area contributed by atoms with Gasteiger partial charge in [-0.1, -0.05) is 6.92 Å². The average Bonchev–Trinajstić information content (AvgIpc) is 3.47. The number of hydrogen-bond donors (Lipinski definition) is 4. The molecule has 1 saturated carbocycles. The molecule has 1 aliphatic heterocycles. The first kappa shape index (κ1) is 26.4. The van der Waals surface area contributed by atoms with E-state index in [1.165, 1.54) is 32.5 Å². The number of nitrogen functional groups attached to an aromatic ring is 1. The van der Waals surface area contributed by atoms with Crippen molar-refractivity contribution in [1.82, 2.24) is 10.3 Å². The minimum Gasteiger partial charge on any atom is -0.399 e. The van der Waals surface area contributed by atoms with Gasteiger partial charge in [0.15, 0.2) is 5.82 Å². The highest BCUT2D eigenvalue weighted by Gasteiger charge is 2.37. The summed E-state index contributed by atoms with van der Waals surface area (Å²) < 4.78 is 56.7. The molecule has 2 aliphatic rings. The Morgan fingerprint density at radius 3 is 2.51 bits per heavy atom. The zero-order chi connectivity index (χ0) is 25.8. The van der Waals surface area contributed by atoms with Crippen LogP contribution in [0.2, 0.25) is 0 Å². The van der Waals surface area contributed by atoms with E-state index >= 15 is 4.39 Å². The van der Waals surface area contributed by atoms with Crippen molar-refractivity contribution in [1.29, 1.82) is 10.7 Å². The number of hydrogen-bond acceptors (Lipinski definition) is 6. The first-order valence-corrected chi connectivity index (χ1v) is 11.6. The molecule has 1 aromatic heterocycles. The molecule has 2 fully saturated rings. The Labute approximate surface area is 202 Å². The third-order valence-corrected chi connectivity index (χ3v) is 6.00. The average molecular weight is 491 g/mol. The molecule has 4 rings (SSSR count). The van der Waals surface area contributed by atoms with Crippen molar-refractivity contribution in [2.75, 3.05) is 24.1 Å². The van der Waals surface area contributed by atoms with E-state index in [1.54, 1.807) is 0 Å². The Kier molecular flexibility index (Phi) is 8.33. The summed E-state index contributed by atoms with van der Waals surface area (Å²) in [6.45, 7) is 6.01. The summed E-state index contributed by atoms with van der Waals surface area (Å²) in [7, 11) is 0. The quantitative estimate of drug-likeness (QED) is 0.245. The fourth-order valence-corrected chi connectivity index (χ4v) is 4.07. The molecule has 1 unspecified atom stereocenters. The number of alkyl halides is 3. The highest BCUT2D eigenvalue weighted by Crippen LogP contribution is 2.42. The Balaban J connectivity index is 0.000000497. The van der Waals surface area contributed by atoms with Crippen LogP contribution >= 0.6 is 0 Å². The highest BCUT2D eigenvalue weighted by atomic mass is 19.4. The lowest BCUT2D eigenvalue weighted by Crippen LogP contribution is -2.15. The topological polar surface area (TPSA) is 111 Å². The summed E-state index contributed by atoms with van der Waals surface area (Å²) in [6, 6.07) is 4.16. The maximum atomic E-state index is 15.4. The lowest BCUT2D eigenvalue weighted by Gasteiger charge is -2.20. The second kappa shape index (κ2) is 11.0. The van der Waals surface area contributed by atoms with Crippen LogP contribution in [0.25, 0.3) is 11.3 Å². The number of halogens is 4. The predicted molar refractivity (Wildman–Crippen MR) is 129 cm³/mol. The Morgan fingerprint density at radius 2 is 2.03 bits per heavy atom. The van der Waals surface area contributed by atoms with Gasteiger partial charge in [-0.3, -0.25) is 0 Å². The molecule has 0 bridgehead atoms. The molecule has 188 valence electrons. The molecule has 0 spiro atoms. The minimum absolute atomic E-state index is 0.00747. The van der Waals surface area contributed by atoms with Crippen LogP contribution in [0.4, 0.5) is 28.9 Å². The van der Waals surface area contributed by atoms with Gasteiger partial charge >= 0.3 is 6.18 Å². The second-order valence-electron chi connectivity index (χ2n) is 9.09. The Morgan fingerprint density at radius 1 is 1.31 bits per heavy atom. The molecule has 1 saturated heterocycles. The largest absolute Gasteiger partial charge is 0.417 e. The number of aromatic nitrogens is 1. The molecule has 2 heterocycles. The smallest absolute Gasteiger partial charge is 0.399 e. The third kappa shape index (κ3) is 6.48. The van der Waals surface area contributed by atoms with Crippen LogP contribution in [0.15, 0.2) is 12.1 Å². The van der Waals surface area contributed by atoms with Gasteiger partial charge in [0.05, 0.1) is 23.0 Å². The molecule has 1 aliphatic carbocycles. The van der Waals surface area contributed by atoms with Gasteiger partial charge in [0.1, 0.15) is 5.69 Å². The van der Waals surface area contributed by atoms with Gasteiger partial charge in [0.25, 0.3) is 0 Å². The van der Waals surface area contributed by atoms with Gasteiger partial charge in [0, 0.05) is 41.9 Å². The van der Waals surface area contributed by atoms with E-state index in [-0.39, 0.29) is 47.1 Å². The van der Waals surface area contributed by atoms with E-state index < -0.39 is 28.8 Å². The number of benzene rings is 1. The molecular weight excluding hydrogens is 460 g/mol. The molecule has 1 aromatic carbocycles. The molecule has 0 radical (unpaired) electrons. The van der Waals surface area contributed by atoms with Crippen molar-refractivity contribution in [2.45, 2.75) is 58.2 Å². The van der Waals surface area contributed by atoms with Crippen molar-refractivity contribution < 1.29 is 17.6 Å². The lowest BCUT2D eigenvalue weighted by molar-refractivity contribution is -0.137. The fraction of sp³-hybridized carbons (Fsp3) is 0.480. The number of nitriles is 1. The van der Waals surface area contributed by atoms with E-state index in [9.17, 15) is 13.2 Å². The summed E-state index contributed by atoms with van der Waals surface area (Å²) >= 11 is 0. The van der Waals surface area contributed by atoms with Crippen LogP contribution in [-0.4, -0.2) is 30.3 Å². The van der Waals surface area contributed by atoms with E-state index in [2.05, 4.69) is 22.5 Å². The standard InChI is InChI=1S/C20H19F4N5.C5H11N/c1-10-7-11(27)8-13(16(10)20(22,23)24)18-17(21)19(28-12-4-5-12)14(9-26)15(29-18)3-2-6-25;1-5-2-3-6-4-5/h7-9,12,26H,2-5,27H2,1H3,(H,28,29);5-6H,2-4H2,1H3. The van der Waals surface area contributed by atoms with E-state index in [4.69, 9.17) is 16.4 Å². The predicted octanol–water partition coefficient (Wildman–Crippen LogP) is 5.44. The number of anilines is 2. The zero-order valence-corrected chi connectivity index (χ0v) is 19.8. The Bertz CT molecular complexity index is 1110. The van der Waals surface area contributed by atoms with Crippen LogP contribution in [0.1, 0.15) is 55.0 Å². The monoisotopic (exact) mass is 490 g/mol. The first-order valence-electron chi connectivity index (χ1n) is 11.6. The maximum Gasteiger partial charge on any atom is 0.417 e. The zero-order valence-electron chi connectivity index (χ0n) is 19.8. The van der Waals surface area contributed by atoms with E-state index in [0.29, 0.717) is 0 Å². The van der Waals surface area contributed by atoms with Crippen molar-refractivity contribution >= 4 is 17.6 Å². The van der Waals surface area contributed by atoms with Crippen LogP contribution < -0.4 is 16.4 Å². The van der Waals surface area contributed by atoms with Gasteiger partial charge in [-0.15, -0.1) is 0 Å². The molecule has 2 aromatic rings. The van der Waals surface area contributed by atoms with Crippen molar-refractivity contribution in [3.63, 3.8) is 0 Å². The second-order valence-corrected chi connectivity index (χ2v) is 9.09. The van der Waals surface area contributed by atoms with Crippen molar-refractivity contribution in [2.24, 2.45) is 5.92 Å². The SMILES string of the molecule is CC1CCNC1.Cc1cc(N)cc(-c2nc(CCC#N)c(C=N)c(NC3CC3)c2F)c1C(F)(F)F. The number of rotatable bonds is 6. The van der Waals surface area contributed by atoms with E-state index in [0.717, 1.165) is 31.0 Å². The van der Waals surface area contributed by atoms with Gasteiger partial charge in [0.2, 0.25) is 0 Å². The summed E-state index contributed by atoms with van der Waals surface area (Å²) in [6.07, 6.45) is -0.744. The summed E-state index contributed by atoms with van der Waals surface area (Å²) in [4.78, 5) is 4.12. The normalized spacial score (nSPS) is 17.3. The molecule has 0 amide bonds. The lowest BCUT2D eigenvalue weighted by atomic mass is 9.95. The highest BCUT2D eigenvalue weighted by molar-refractivity contribution is 5.90. The number of nitrogens with zero attached hydrogens (tertiary/aromatic N) is 2. The van der Waals surface area contributed by atoms with Gasteiger partial charge in [-0.25, -0.2) is 9.37 Å². The first-order chi connectivity index (χ1) is 16.6. The van der Waals surface area contributed by atoms with Crippen molar-refractivity contribution in [3.05, 3.63) is 40.3 Å². The van der Waals surface area contributed by atoms with Crippen LogP contribution in [0.3, 0.4) is 0 Å². The molecular formula is C25H30F4N6. The maximum absolute atomic E-state index is 15.4. The molecule has 10 heteroatoms. The van der Waals surface area contributed by atoms with Crippen molar-refractivity contribution in [3.8, 4) is 17.3 Å². The molecule has 1 atom stereocenters. The third-order valence-electron chi connectivity index (χ3n) is 6.00. The number of nitrogens with one attached hydrogen (secondary N) is 3. The van der Waals surface area contributed by atoms with Gasteiger partial charge in [-0.05, 0) is 62.9 Å². The number of pyridine rings is 1. The Hall–Kier alpha value is -3.19. The fourth-order valence-electron chi connectivity index (χ4n) is 4.07. The number of aryl methyl sites for hydroxylation is 2. The summed E-state index contributed by atoms with van der Waals surface area (Å²) in [5.41, 5.74) is 3.98. The number of nitrogens with two attached hydrogens (primary N) is 1. The molecule has 6 nitrogen and oxygen atoms in total. The molecule has 5 N–H and O–H groups in total. The molecule has 35 heavy (non-hydrogen) atoms. The summed E-state index contributed by atoms with van der Waals surface area (Å²) in [5.74, 6) is -0.0309. The van der Waals surface area contributed by atoms with Gasteiger partial charge < -0.3 is 21.8 Å². The van der Waals surface area contributed by atoms with E-state index in [1.807, 2.05) is 6.07 Å². The minimum atomic E-state index is -4.74. The van der Waals surface area contributed by atoms with Gasteiger partial charge in [-0.2, -0.15) is 18.4 Å². The summed E-state index contributed by atoms with van der Waals surface area (Å²) in [5, 5.41) is 22.8. The van der Waals surface area contributed by atoms with Crippen LogP contribution in [0, 0.1) is 35.4 Å². The van der Waals surface area contributed by atoms with Crippen LogP contribution in [-0.2, 0) is 12.6 Å².